The van der Waals surface area contributed by atoms with Gasteiger partial charge in [0.15, 0.2) is 0 Å². The molecule has 2 N–H and O–H groups in total. The van der Waals surface area contributed by atoms with Gasteiger partial charge in [-0.2, -0.15) is 0 Å². The van der Waals surface area contributed by atoms with Crippen molar-refractivity contribution in [3.8, 4) is 0 Å². The molecule has 2 aromatic rings. The summed E-state index contributed by atoms with van der Waals surface area (Å²) in [6.45, 7) is 2.54. The molecule has 2 heterocycles. The van der Waals surface area contributed by atoms with Crippen LogP contribution in [0.1, 0.15) is 24.6 Å². The number of para-hydroxylation sites is 1. The van der Waals surface area contributed by atoms with Crippen LogP contribution < -0.4 is 10.6 Å². The second kappa shape index (κ2) is 7.53. The van der Waals surface area contributed by atoms with Gasteiger partial charge in [0.05, 0.1) is 23.0 Å². The third kappa shape index (κ3) is 4.06. The van der Waals surface area contributed by atoms with Gasteiger partial charge >= 0.3 is 6.03 Å². The van der Waals surface area contributed by atoms with E-state index in [1.54, 1.807) is 18.4 Å². The zero-order valence-electron chi connectivity index (χ0n) is 12.8. The zero-order valence-corrected chi connectivity index (χ0v) is 13.6. The maximum atomic E-state index is 12.1. The number of furan rings is 1. The van der Waals surface area contributed by atoms with Gasteiger partial charge in [0.1, 0.15) is 5.76 Å². The number of carbonyl (C=O) groups excluding carboxylic acids is 1. The van der Waals surface area contributed by atoms with Gasteiger partial charge in [-0.25, -0.2) is 4.79 Å². The van der Waals surface area contributed by atoms with Crippen LogP contribution in [0.5, 0.6) is 0 Å². The summed E-state index contributed by atoms with van der Waals surface area (Å²) < 4.78 is 5.54. The first kappa shape index (κ1) is 15.9. The zero-order chi connectivity index (χ0) is 16.1. The molecule has 0 saturated carbocycles. The molecular formula is C17H20ClN3O2. The van der Waals surface area contributed by atoms with E-state index < -0.39 is 0 Å². The standard InChI is InChI=1S/C17H20ClN3O2/c18-13-6-1-2-7-14(13)20-17(22)19-12-15(16-8-5-11-23-16)21-9-3-4-10-21/h1-2,5-8,11,15H,3-4,9-10,12H2,(H2,19,20,22). The molecule has 0 radical (unpaired) electrons. The smallest absolute Gasteiger partial charge is 0.319 e. The molecule has 0 bridgehead atoms. The van der Waals surface area contributed by atoms with Gasteiger partial charge in [-0.15, -0.1) is 0 Å². The van der Waals surface area contributed by atoms with E-state index in [9.17, 15) is 4.79 Å². The largest absolute Gasteiger partial charge is 0.468 e. The predicted octanol–water partition coefficient (Wildman–Crippen LogP) is 3.89. The van der Waals surface area contributed by atoms with Crippen molar-refractivity contribution >= 4 is 23.3 Å². The molecule has 1 unspecified atom stereocenters. The van der Waals surface area contributed by atoms with Crippen molar-refractivity contribution in [3.63, 3.8) is 0 Å². The van der Waals surface area contributed by atoms with Crippen molar-refractivity contribution in [1.29, 1.82) is 0 Å². The first-order valence-electron chi connectivity index (χ1n) is 7.81. The molecule has 1 fully saturated rings. The number of nitrogens with zero attached hydrogens (tertiary/aromatic N) is 1. The number of likely N-dealkylation sites (tertiary alicyclic amines) is 1. The van der Waals surface area contributed by atoms with E-state index >= 15 is 0 Å². The Labute approximate surface area is 140 Å². The Bertz CT molecular complexity index is 639. The Morgan fingerprint density at radius 2 is 2.00 bits per heavy atom. The molecule has 1 aliphatic heterocycles. The second-order valence-corrected chi connectivity index (χ2v) is 6.00. The lowest BCUT2D eigenvalue weighted by Gasteiger charge is -2.26. The second-order valence-electron chi connectivity index (χ2n) is 5.59. The Kier molecular flexibility index (Phi) is 5.20. The van der Waals surface area contributed by atoms with Crippen LogP contribution in [0.2, 0.25) is 5.02 Å². The third-order valence-corrected chi connectivity index (χ3v) is 4.36. The Morgan fingerprint density at radius 1 is 1.22 bits per heavy atom. The number of hydrogen-bond acceptors (Lipinski definition) is 3. The van der Waals surface area contributed by atoms with Gasteiger partial charge in [0, 0.05) is 6.54 Å². The van der Waals surface area contributed by atoms with Gasteiger partial charge in [0.25, 0.3) is 0 Å². The van der Waals surface area contributed by atoms with Crippen LogP contribution >= 0.6 is 11.6 Å². The molecule has 1 saturated heterocycles. The molecule has 0 spiro atoms. The lowest BCUT2D eigenvalue weighted by atomic mass is 10.2. The van der Waals surface area contributed by atoms with Gasteiger partial charge in [-0.1, -0.05) is 23.7 Å². The highest BCUT2D eigenvalue weighted by Gasteiger charge is 2.25. The van der Waals surface area contributed by atoms with E-state index in [-0.39, 0.29) is 12.1 Å². The average molecular weight is 334 g/mol. The van der Waals surface area contributed by atoms with Crippen molar-refractivity contribution in [2.75, 3.05) is 25.0 Å². The Morgan fingerprint density at radius 3 is 2.70 bits per heavy atom. The van der Waals surface area contributed by atoms with Crippen LogP contribution in [0, 0.1) is 0 Å². The fraction of sp³-hybridized carbons (Fsp3) is 0.353. The minimum absolute atomic E-state index is 0.0597. The summed E-state index contributed by atoms with van der Waals surface area (Å²) in [7, 11) is 0. The van der Waals surface area contributed by atoms with E-state index in [4.69, 9.17) is 16.0 Å². The molecule has 1 aromatic heterocycles. The number of halogens is 1. The lowest BCUT2D eigenvalue weighted by Crippen LogP contribution is -2.38. The number of anilines is 1. The van der Waals surface area contributed by atoms with Crippen LogP contribution in [-0.2, 0) is 0 Å². The van der Waals surface area contributed by atoms with Crippen LogP contribution in [0.4, 0.5) is 10.5 Å². The van der Waals surface area contributed by atoms with Crippen molar-refractivity contribution in [3.05, 3.63) is 53.4 Å². The predicted molar refractivity (Wildman–Crippen MR) is 90.7 cm³/mol. The summed E-state index contributed by atoms with van der Waals surface area (Å²) in [4.78, 5) is 14.5. The molecule has 23 heavy (non-hydrogen) atoms. The summed E-state index contributed by atoms with van der Waals surface area (Å²) in [6.07, 6.45) is 4.04. The van der Waals surface area contributed by atoms with Crippen LogP contribution in [0.25, 0.3) is 0 Å². The molecule has 0 aliphatic carbocycles. The number of amides is 2. The molecule has 1 aromatic carbocycles. The maximum absolute atomic E-state index is 12.1. The fourth-order valence-electron chi connectivity index (χ4n) is 2.86. The molecule has 3 rings (SSSR count). The number of benzene rings is 1. The van der Waals surface area contributed by atoms with Crippen LogP contribution in [-0.4, -0.2) is 30.6 Å². The summed E-state index contributed by atoms with van der Waals surface area (Å²) in [5, 5.41) is 6.20. The monoisotopic (exact) mass is 333 g/mol. The fourth-order valence-corrected chi connectivity index (χ4v) is 3.05. The number of carbonyl (C=O) groups is 1. The average Bonchev–Trinajstić information content (AvgIpc) is 3.23. The summed E-state index contributed by atoms with van der Waals surface area (Å²) in [6, 6.07) is 10.8. The normalized spacial score (nSPS) is 16.2. The van der Waals surface area contributed by atoms with Gasteiger partial charge in [-0.05, 0) is 50.2 Å². The highest BCUT2D eigenvalue weighted by molar-refractivity contribution is 6.33. The first-order chi connectivity index (χ1) is 11.2. The summed E-state index contributed by atoms with van der Waals surface area (Å²) in [5.41, 5.74) is 0.599. The van der Waals surface area contributed by atoms with Gasteiger partial charge in [-0.3, -0.25) is 4.90 Å². The van der Waals surface area contributed by atoms with Crippen molar-refractivity contribution < 1.29 is 9.21 Å². The highest BCUT2D eigenvalue weighted by Crippen LogP contribution is 2.25. The van der Waals surface area contributed by atoms with Gasteiger partial charge in [0.2, 0.25) is 0 Å². The van der Waals surface area contributed by atoms with Crippen LogP contribution in [0.3, 0.4) is 0 Å². The van der Waals surface area contributed by atoms with E-state index in [1.165, 1.54) is 12.8 Å². The minimum atomic E-state index is -0.270. The van der Waals surface area contributed by atoms with Crippen molar-refractivity contribution in [2.45, 2.75) is 18.9 Å². The third-order valence-electron chi connectivity index (χ3n) is 4.03. The van der Waals surface area contributed by atoms with Gasteiger partial charge < -0.3 is 15.1 Å². The SMILES string of the molecule is O=C(NCC(c1ccco1)N1CCCC1)Nc1ccccc1Cl. The Balaban J connectivity index is 1.60. The first-order valence-corrected chi connectivity index (χ1v) is 8.18. The summed E-state index contributed by atoms with van der Waals surface area (Å²) >= 11 is 6.05. The summed E-state index contributed by atoms with van der Waals surface area (Å²) in [5.74, 6) is 0.880. The maximum Gasteiger partial charge on any atom is 0.319 e. The Hall–Kier alpha value is -1.98. The quantitative estimate of drug-likeness (QED) is 0.872. The van der Waals surface area contributed by atoms with E-state index in [0.29, 0.717) is 17.3 Å². The number of urea groups is 1. The molecule has 5 nitrogen and oxygen atoms in total. The van der Waals surface area contributed by atoms with E-state index in [2.05, 4.69) is 15.5 Å². The van der Waals surface area contributed by atoms with Crippen molar-refractivity contribution in [2.24, 2.45) is 0 Å². The lowest BCUT2D eigenvalue weighted by molar-refractivity contribution is 0.207. The van der Waals surface area contributed by atoms with Crippen molar-refractivity contribution in [1.82, 2.24) is 10.2 Å². The van der Waals surface area contributed by atoms with E-state index in [1.807, 2.05) is 24.3 Å². The molecule has 1 atom stereocenters. The molecule has 6 heteroatoms. The number of hydrogen-bond donors (Lipinski definition) is 2. The van der Waals surface area contributed by atoms with Crippen LogP contribution in [0.15, 0.2) is 47.1 Å². The van der Waals surface area contributed by atoms with E-state index in [0.717, 1.165) is 18.8 Å². The molecular weight excluding hydrogens is 314 g/mol. The molecule has 122 valence electrons. The molecule has 1 aliphatic rings. The minimum Gasteiger partial charge on any atom is -0.468 e. The highest BCUT2D eigenvalue weighted by atomic mass is 35.5. The number of nitrogens with one attached hydrogen (secondary N) is 2. The molecule has 2 amide bonds. The number of rotatable bonds is 5. The topological polar surface area (TPSA) is 57.5 Å².